The molecule has 260 valence electrons. The van der Waals surface area contributed by atoms with Crippen molar-refractivity contribution >= 4 is 28.6 Å². The Balaban J connectivity index is 0.000000271. The van der Waals surface area contributed by atoms with Crippen molar-refractivity contribution in [3.8, 4) is 22.9 Å². The van der Waals surface area contributed by atoms with E-state index in [0.29, 0.717) is 19.1 Å². The van der Waals surface area contributed by atoms with E-state index in [0.717, 1.165) is 82.0 Å². The summed E-state index contributed by atoms with van der Waals surface area (Å²) in [6.07, 6.45) is 3.43. The molecule has 0 bridgehead atoms. The van der Waals surface area contributed by atoms with Crippen LogP contribution < -0.4 is 0 Å². The topological polar surface area (TPSA) is 117 Å². The molecule has 2 aromatic carbocycles. The van der Waals surface area contributed by atoms with Crippen LogP contribution in [0.3, 0.4) is 0 Å². The Morgan fingerprint density at radius 1 is 0.896 bits per heavy atom. The van der Waals surface area contributed by atoms with Gasteiger partial charge in [-0.05, 0) is 90.5 Å². The molecule has 0 saturated heterocycles. The molecule has 1 unspecified atom stereocenters. The van der Waals surface area contributed by atoms with E-state index in [1.807, 2.05) is 6.92 Å². The zero-order valence-corrected chi connectivity index (χ0v) is 31.4. The van der Waals surface area contributed by atoms with Crippen LogP contribution in [0.2, 0.25) is 0 Å². The Morgan fingerprint density at radius 3 is 2.00 bits per heavy atom. The van der Waals surface area contributed by atoms with E-state index in [2.05, 4.69) is 98.6 Å². The van der Waals surface area contributed by atoms with Gasteiger partial charge in [-0.2, -0.15) is 0 Å². The number of aromatic nitrogens is 2. The molecule has 4 aromatic rings. The Kier molecular flexibility index (Phi) is 14.2. The first-order valence-corrected chi connectivity index (χ1v) is 18.3. The minimum atomic E-state index is -0.992. The summed E-state index contributed by atoms with van der Waals surface area (Å²) in [5.41, 5.74) is 8.79. The number of oxazole rings is 2. The molecule has 9 nitrogen and oxygen atoms in total. The van der Waals surface area contributed by atoms with Crippen LogP contribution in [-0.4, -0.2) is 52.6 Å². The molecule has 10 heteroatoms. The van der Waals surface area contributed by atoms with Crippen molar-refractivity contribution in [1.29, 1.82) is 0 Å². The van der Waals surface area contributed by atoms with E-state index in [9.17, 15) is 9.90 Å². The Bertz CT molecular complexity index is 1650. The maximum absolute atomic E-state index is 11.2. The molecule has 1 N–H and O–H groups in total. The second-order valence-electron chi connectivity index (χ2n) is 12.4. The Hall–Kier alpha value is -3.06. The van der Waals surface area contributed by atoms with E-state index >= 15 is 0 Å². The van der Waals surface area contributed by atoms with Gasteiger partial charge in [-0.25, -0.2) is 14.8 Å². The SMILES string of the molecule is CCOC(CO[C@@H]1CCC[C@H](OCc2nc(-c3ccc(C)cc3C)oc2CC)C1)C(=O)O.Cc1ccc(-c2nc(CI)c(C)o2)c(C)c1. The predicted molar refractivity (Wildman–Crippen MR) is 194 cm³/mol. The summed E-state index contributed by atoms with van der Waals surface area (Å²) in [6.45, 7) is 14.9. The largest absolute Gasteiger partial charge is 0.479 e. The molecule has 0 spiro atoms. The van der Waals surface area contributed by atoms with Gasteiger partial charge in [-0.15, -0.1) is 0 Å². The van der Waals surface area contributed by atoms with Crippen molar-refractivity contribution < 1.29 is 32.9 Å². The molecule has 2 aromatic heterocycles. The Labute approximate surface area is 297 Å². The first-order valence-electron chi connectivity index (χ1n) is 16.8. The van der Waals surface area contributed by atoms with Gasteiger partial charge >= 0.3 is 5.97 Å². The Morgan fingerprint density at radius 2 is 1.48 bits per heavy atom. The second kappa shape index (κ2) is 18.1. The van der Waals surface area contributed by atoms with E-state index < -0.39 is 12.1 Å². The minimum Gasteiger partial charge on any atom is -0.479 e. The molecule has 1 aliphatic rings. The number of ether oxygens (including phenoxy) is 3. The van der Waals surface area contributed by atoms with Crippen LogP contribution in [0.1, 0.15) is 84.7 Å². The van der Waals surface area contributed by atoms with Gasteiger partial charge in [0.2, 0.25) is 11.8 Å². The zero-order valence-electron chi connectivity index (χ0n) is 29.2. The molecular weight excluding hydrogens is 723 g/mol. The number of rotatable bonds is 13. The van der Waals surface area contributed by atoms with Crippen LogP contribution >= 0.6 is 22.6 Å². The zero-order chi connectivity index (χ0) is 34.8. The number of hydrogen-bond donors (Lipinski definition) is 1. The van der Waals surface area contributed by atoms with Gasteiger partial charge in [0.05, 0.1) is 31.1 Å². The number of carboxylic acid groups (broad SMARTS) is 1. The van der Waals surface area contributed by atoms with Crippen LogP contribution in [0.15, 0.2) is 45.2 Å². The van der Waals surface area contributed by atoms with E-state index in [1.165, 1.54) is 16.7 Å². The summed E-state index contributed by atoms with van der Waals surface area (Å²) in [7, 11) is 0. The average molecular weight is 773 g/mol. The van der Waals surface area contributed by atoms with Crippen molar-refractivity contribution in [2.24, 2.45) is 0 Å². The molecule has 1 saturated carbocycles. The smallest absolute Gasteiger partial charge is 0.335 e. The van der Waals surface area contributed by atoms with Gasteiger partial charge in [-0.1, -0.05) is 64.9 Å². The van der Waals surface area contributed by atoms with E-state index in [4.69, 9.17) is 28.0 Å². The maximum Gasteiger partial charge on any atom is 0.335 e. The molecule has 3 atom stereocenters. The summed E-state index contributed by atoms with van der Waals surface area (Å²) >= 11 is 2.30. The number of hydrogen-bond acceptors (Lipinski definition) is 8. The molecule has 1 aliphatic carbocycles. The fourth-order valence-corrected chi connectivity index (χ4v) is 6.59. The normalized spacial score (nSPS) is 16.8. The van der Waals surface area contributed by atoms with E-state index in [-0.39, 0.29) is 18.8 Å². The van der Waals surface area contributed by atoms with E-state index in [1.54, 1.807) is 6.92 Å². The third kappa shape index (κ3) is 10.2. The molecule has 0 amide bonds. The summed E-state index contributed by atoms with van der Waals surface area (Å²) < 4.78 is 29.9. The summed E-state index contributed by atoms with van der Waals surface area (Å²) in [5, 5.41) is 9.21. The highest BCUT2D eigenvalue weighted by atomic mass is 127. The van der Waals surface area contributed by atoms with Gasteiger partial charge in [0, 0.05) is 28.6 Å². The number of aryl methyl sites for hydroxylation is 6. The molecule has 0 radical (unpaired) electrons. The third-order valence-electron chi connectivity index (χ3n) is 8.50. The van der Waals surface area contributed by atoms with Crippen LogP contribution in [-0.2, 0) is 36.5 Å². The molecule has 0 aliphatic heterocycles. The molecule has 2 heterocycles. The predicted octanol–water partition coefficient (Wildman–Crippen LogP) is 9.06. The maximum atomic E-state index is 11.2. The molecule has 1 fully saturated rings. The van der Waals surface area contributed by atoms with Crippen LogP contribution in [0, 0.1) is 34.6 Å². The second-order valence-corrected chi connectivity index (χ2v) is 13.1. The van der Waals surface area contributed by atoms with Gasteiger partial charge in [-0.3, -0.25) is 0 Å². The molecular formula is C38H49IN2O7. The number of benzene rings is 2. The van der Waals surface area contributed by atoms with Crippen molar-refractivity contribution in [2.45, 2.75) is 110 Å². The van der Waals surface area contributed by atoms with Gasteiger partial charge in [0.25, 0.3) is 0 Å². The number of nitrogens with zero attached hydrogens (tertiary/aromatic N) is 2. The number of carbonyl (C=O) groups is 1. The summed E-state index contributed by atoms with van der Waals surface area (Å²) in [6, 6.07) is 12.6. The summed E-state index contributed by atoms with van der Waals surface area (Å²) in [4.78, 5) is 20.5. The fraction of sp³-hybridized carbons (Fsp3) is 0.500. The van der Waals surface area contributed by atoms with Crippen molar-refractivity contribution in [1.82, 2.24) is 9.97 Å². The van der Waals surface area contributed by atoms with Crippen LogP contribution in [0.5, 0.6) is 0 Å². The molecule has 5 rings (SSSR count). The lowest BCUT2D eigenvalue weighted by Gasteiger charge is -2.29. The first-order chi connectivity index (χ1) is 23.0. The standard InChI is InChI=1S/C25H35NO6.C13H14INO/c1-5-22-21(26-24(32-22)20-11-10-16(3)12-17(20)4)14-30-18-8-7-9-19(13-18)31-15-23(25(27)28)29-6-2;1-8-4-5-11(9(2)6-8)13-15-12(7-14)10(3)16-13/h10-12,18-19,23H,5-9,13-15H2,1-4H3,(H,27,28);4-6H,7H2,1-3H3/t18-,19+,23?;/m0./s1. The lowest BCUT2D eigenvalue weighted by molar-refractivity contribution is -0.157. The molecule has 48 heavy (non-hydrogen) atoms. The van der Waals surface area contributed by atoms with Gasteiger partial charge < -0.3 is 28.2 Å². The highest BCUT2D eigenvalue weighted by molar-refractivity contribution is 14.1. The van der Waals surface area contributed by atoms with Crippen LogP contribution in [0.25, 0.3) is 22.9 Å². The number of alkyl halides is 1. The quantitative estimate of drug-likeness (QED) is 0.105. The number of carboxylic acids is 1. The highest BCUT2D eigenvalue weighted by Gasteiger charge is 2.27. The fourth-order valence-electron chi connectivity index (χ4n) is 5.88. The lowest BCUT2D eigenvalue weighted by Crippen LogP contribution is -2.34. The summed E-state index contributed by atoms with van der Waals surface area (Å²) in [5.74, 6) is 2.15. The lowest BCUT2D eigenvalue weighted by atomic mass is 9.95. The van der Waals surface area contributed by atoms with Crippen molar-refractivity contribution in [3.63, 3.8) is 0 Å². The highest BCUT2D eigenvalue weighted by Crippen LogP contribution is 2.29. The van der Waals surface area contributed by atoms with Crippen LogP contribution in [0.4, 0.5) is 0 Å². The monoisotopic (exact) mass is 772 g/mol. The third-order valence-corrected chi connectivity index (χ3v) is 9.23. The van der Waals surface area contributed by atoms with Crippen molar-refractivity contribution in [3.05, 3.63) is 81.6 Å². The average Bonchev–Trinajstić information content (AvgIpc) is 3.64. The van der Waals surface area contributed by atoms with Gasteiger partial charge in [0.1, 0.15) is 17.2 Å². The number of halogens is 1. The van der Waals surface area contributed by atoms with Crippen molar-refractivity contribution in [2.75, 3.05) is 13.2 Å². The first kappa shape index (κ1) is 37.8. The minimum absolute atomic E-state index is 0.0234. The number of aliphatic carboxylic acids is 1. The van der Waals surface area contributed by atoms with Gasteiger partial charge in [0.15, 0.2) is 6.10 Å².